The molecule has 13 N–H and O–H groups in total. The van der Waals surface area contributed by atoms with Gasteiger partial charge in [-0.25, -0.2) is 75.8 Å². The van der Waals surface area contributed by atoms with Crippen molar-refractivity contribution in [2.24, 2.45) is 5.84 Å². The number of nitrogens with two attached hydrogens (primary N) is 5. The van der Waals surface area contributed by atoms with Gasteiger partial charge in [0.15, 0.2) is 75.6 Å². The average Bonchev–Trinajstić information content (AvgIpc) is 1.81. The number of hydrazine groups is 1. The minimum atomic E-state index is -3.40. The molecule has 0 bridgehead atoms. The summed E-state index contributed by atoms with van der Waals surface area (Å²) < 4.78 is 95.6. The number of methoxy groups -OCH3 is 1. The molecule has 0 aliphatic heterocycles. The van der Waals surface area contributed by atoms with E-state index in [0.29, 0.717) is 67.5 Å². The number of hydrogen-bond donors (Lipinski definition) is 8. The van der Waals surface area contributed by atoms with E-state index in [1.54, 1.807) is 102 Å². The Hall–Kier alpha value is -11.4. The van der Waals surface area contributed by atoms with Crippen molar-refractivity contribution in [2.45, 2.75) is 118 Å². The summed E-state index contributed by atoms with van der Waals surface area (Å²) in [7, 11) is -7.05. The van der Waals surface area contributed by atoms with E-state index in [9.17, 15) is 44.7 Å². The standard InChI is InChI=1S/C28H30ClN5O5S.C23H24N6O4S.C14H17N5O3S.C6H6BrN3O2/c1-16(2)40(36,37)19-10-8-18(9-11-19)22-15-31-25(30)24(32-22)27-34-33-26(38-27)20-12-6-17(14-21(20)29)7-13-23(35)39-28(3,4)5;1-13(2)34(31,32)16-7-5-15(6-8-16)18-12-26-21(24)20(27-18)23-29-28-22(33-23)17-9-4-14(11-25-3)10-19(17)30;1-8(2)23(21,22)10-5-3-9(4-6-10)11-7-17-13(15)12(18-11)14(20)19-16;1-12-6(11)4-5(8)9-2-3(7)10-4/h6,8-12,14-16H,7,13H2,1-5H3,(H2,30,31);4-10,12-13,25,30H,11H2,1-3H3,(H2,24,26);3-8H,16H2,1-2H3,(H2,15,17)(H,19,20);2H,1H3,(H2,8,9). The van der Waals surface area contributed by atoms with Gasteiger partial charge in [-0.05, 0) is 164 Å². The molecule has 0 radical (unpaired) electrons. The van der Waals surface area contributed by atoms with Crippen LogP contribution in [0.25, 0.3) is 79.8 Å². The molecule has 0 aliphatic rings. The summed E-state index contributed by atoms with van der Waals surface area (Å²) in [6, 6.07) is 29.4. The van der Waals surface area contributed by atoms with E-state index in [-0.39, 0.29) is 102 Å². The molecule has 1 amide bonds. The van der Waals surface area contributed by atoms with Gasteiger partial charge >= 0.3 is 11.9 Å². The molecule has 11 aromatic rings. The minimum absolute atomic E-state index is 0.00666. The first-order valence-electron chi connectivity index (χ1n) is 32.8. The van der Waals surface area contributed by atoms with Gasteiger partial charge in [0, 0.05) is 29.7 Å². The highest BCUT2D eigenvalue weighted by Crippen LogP contribution is 2.36. The maximum absolute atomic E-state index is 12.4. The zero-order valence-electron chi connectivity index (χ0n) is 60.5. The normalized spacial score (nSPS) is 11.6. The van der Waals surface area contributed by atoms with Crippen molar-refractivity contribution in [3.8, 4) is 85.6 Å². The number of benzene rings is 5. The number of sulfone groups is 3. The monoisotopic (exact) mass is 1630 g/mol. The lowest BCUT2D eigenvalue weighted by atomic mass is 10.1. The molecule has 33 nitrogen and oxygen atoms in total. The third-order valence-electron chi connectivity index (χ3n) is 15.4. The second-order valence-electron chi connectivity index (χ2n) is 25.3. The molecule has 572 valence electrons. The first-order chi connectivity index (χ1) is 51.4. The molecule has 0 unspecified atom stereocenters. The summed E-state index contributed by atoms with van der Waals surface area (Å²) in [5.74, 6) is 4.08. The molecule has 0 saturated heterocycles. The SMILES string of the molecule is CC(C)S(=O)(=O)c1ccc(-c2cnc(N)c(-c3nnc(-c4ccc(CCC(=O)OC(C)(C)C)cc4Cl)o3)n2)cc1.CC(C)S(=O)(=O)c1ccc(-c2cnc(N)c(C(=O)NN)n2)cc1.CNCc1ccc(-c2nnc(-c3nc(-c4ccc(S(=O)(=O)C(C)C)cc4)cnc3N)o2)c(O)c1.COC(=O)c1nc(Br)cnc1N. The lowest BCUT2D eigenvalue weighted by Gasteiger charge is -2.19. The van der Waals surface area contributed by atoms with Gasteiger partial charge in [-0.15, -0.1) is 20.4 Å². The maximum atomic E-state index is 12.4. The van der Waals surface area contributed by atoms with Gasteiger partial charge < -0.3 is 51.7 Å². The largest absolute Gasteiger partial charge is 0.507 e. The number of rotatable bonds is 20. The number of aryl methyl sites for hydroxylation is 1. The van der Waals surface area contributed by atoms with E-state index in [1.165, 1.54) is 68.3 Å². The summed E-state index contributed by atoms with van der Waals surface area (Å²) >= 11 is 9.56. The number of halogens is 2. The number of aromatic hydroxyl groups is 1. The summed E-state index contributed by atoms with van der Waals surface area (Å²) in [5, 5.41) is 28.4. The molecule has 6 aromatic heterocycles. The van der Waals surface area contributed by atoms with Crippen LogP contribution in [0.5, 0.6) is 5.75 Å². The van der Waals surface area contributed by atoms with Gasteiger partial charge in [-0.3, -0.25) is 15.0 Å². The summed E-state index contributed by atoms with van der Waals surface area (Å²) in [6.45, 7) is 15.8. The molecule has 0 atom stereocenters. The van der Waals surface area contributed by atoms with Crippen molar-refractivity contribution in [3.63, 3.8) is 0 Å². The van der Waals surface area contributed by atoms with Crippen molar-refractivity contribution >= 4 is 98.2 Å². The number of esters is 2. The molecule has 0 saturated carbocycles. The van der Waals surface area contributed by atoms with Crippen LogP contribution in [-0.4, -0.2) is 144 Å². The van der Waals surface area contributed by atoms with Crippen LogP contribution in [0.15, 0.2) is 162 Å². The number of nitrogens with one attached hydrogen (secondary N) is 2. The van der Waals surface area contributed by atoms with Crippen LogP contribution in [0.3, 0.4) is 0 Å². The molecule has 6 heterocycles. The van der Waals surface area contributed by atoms with E-state index >= 15 is 0 Å². The van der Waals surface area contributed by atoms with Crippen LogP contribution >= 0.6 is 27.5 Å². The van der Waals surface area contributed by atoms with Gasteiger partial charge in [0.25, 0.3) is 23.6 Å². The van der Waals surface area contributed by atoms with Crippen LogP contribution in [-0.2, 0) is 56.7 Å². The van der Waals surface area contributed by atoms with Gasteiger partial charge in [0.1, 0.15) is 16.0 Å². The van der Waals surface area contributed by atoms with Crippen molar-refractivity contribution in [1.82, 2.24) is 71.0 Å². The number of nitrogen functional groups attached to an aromatic ring is 5. The van der Waals surface area contributed by atoms with Gasteiger partial charge in [0.05, 0.1) is 95.6 Å². The van der Waals surface area contributed by atoms with Crippen LogP contribution in [0, 0.1) is 0 Å². The number of phenolic OH excluding ortho intramolecular Hbond substituents is 1. The zero-order chi connectivity index (χ0) is 80.0. The van der Waals surface area contributed by atoms with Crippen LogP contribution in [0.4, 0.5) is 23.3 Å². The molecule has 109 heavy (non-hydrogen) atoms. The Morgan fingerprint density at radius 3 is 1.37 bits per heavy atom. The van der Waals surface area contributed by atoms with E-state index in [1.807, 2.05) is 45.4 Å². The lowest BCUT2D eigenvalue weighted by Crippen LogP contribution is -2.31. The van der Waals surface area contributed by atoms with Crippen molar-refractivity contribution in [2.75, 3.05) is 37.1 Å². The smallest absolute Gasteiger partial charge is 0.360 e. The van der Waals surface area contributed by atoms with Crippen LogP contribution in [0.1, 0.15) is 101 Å². The fourth-order valence-electron chi connectivity index (χ4n) is 9.50. The third-order valence-corrected chi connectivity index (χ3v) is 22.6. The quantitative estimate of drug-likeness (QED) is 0.0152. The predicted molar refractivity (Wildman–Crippen MR) is 411 cm³/mol. The Balaban J connectivity index is 0.000000196. The maximum Gasteiger partial charge on any atom is 0.360 e. The van der Waals surface area contributed by atoms with E-state index < -0.39 is 62.7 Å². The van der Waals surface area contributed by atoms with Crippen molar-refractivity contribution in [3.05, 3.63) is 166 Å². The number of hydrogen-bond acceptors (Lipinski definition) is 32. The minimum Gasteiger partial charge on any atom is -0.507 e. The number of nitrogens with zero attached hydrogens (tertiary/aromatic N) is 12. The molecule has 11 rings (SSSR count). The molecule has 0 aliphatic carbocycles. The number of anilines is 4. The van der Waals surface area contributed by atoms with E-state index in [4.69, 9.17) is 53.9 Å². The predicted octanol–water partition coefficient (Wildman–Crippen LogP) is 9.72. The lowest BCUT2D eigenvalue weighted by molar-refractivity contribution is -0.154. The average molecular weight is 1630 g/mol. The number of carbonyl (C=O) groups excluding carboxylic acids is 3. The second-order valence-corrected chi connectivity index (χ2v) is 34.1. The molecule has 0 spiro atoms. The van der Waals surface area contributed by atoms with E-state index in [2.05, 4.69) is 86.3 Å². The van der Waals surface area contributed by atoms with Crippen LogP contribution < -0.4 is 39.5 Å². The Bertz CT molecular complexity index is 5480. The van der Waals surface area contributed by atoms with E-state index in [0.717, 1.165) is 11.1 Å². The highest BCUT2D eigenvalue weighted by molar-refractivity contribution is 9.10. The Kier molecular flexibility index (Phi) is 27.2. The summed E-state index contributed by atoms with van der Waals surface area (Å²) in [5.41, 5.74) is 30.5. The van der Waals surface area contributed by atoms with Gasteiger partial charge in [-0.2, -0.15) is 0 Å². The number of phenols is 1. The number of amides is 1. The first kappa shape index (κ1) is 83.3. The van der Waals surface area contributed by atoms with Crippen LogP contribution in [0.2, 0.25) is 5.02 Å². The molecule has 5 aromatic carbocycles. The third kappa shape index (κ3) is 20.9. The number of carbonyl (C=O) groups is 3. The number of ether oxygens (including phenoxy) is 2. The summed E-state index contributed by atoms with van der Waals surface area (Å²) in [6.07, 6.45) is 6.45. The Labute approximate surface area is 640 Å². The Morgan fingerprint density at radius 1 is 0.550 bits per heavy atom. The highest BCUT2D eigenvalue weighted by Gasteiger charge is 2.26. The fourth-order valence-corrected chi connectivity index (χ4v) is 13.2. The molecular weight excluding hydrogens is 1550 g/mol. The first-order valence-corrected chi connectivity index (χ1v) is 38.6. The topological polar surface area (TPSA) is 527 Å². The van der Waals surface area contributed by atoms with Gasteiger partial charge in [-0.1, -0.05) is 60.1 Å². The fraction of sp³-hybridized carbons (Fsp3) is 0.254. The van der Waals surface area contributed by atoms with Gasteiger partial charge in [0.2, 0.25) is 5.89 Å². The molecule has 0 fully saturated rings. The van der Waals surface area contributed by atoms with Crippen molar-refractivity contribution < 1.29 is 63.1 Å². The molecule has 38 heteroatoms. The highest BCUT2D eigenvalue weighted by atomic mass is 79.9. The summed E-state index contributed by atoms with van der Waals surface area (Å²) in [4.78, 5) is 68.2. The van der Waals surface area contributed by atoms with Crippen molar-refractivity contribution in [1.29, 1.82) is 0 Å². The second kappa shape index (κ2) is 35.6. The number of aromatic nitrogens is 12. The Morgan fingerprint density at radius 2 is 0.954 bits per heavy atom. The molecular formula is C71H77BrClN19O14S3. The zero-order valence-corrected chi connectivity index (χ0v) is 65.3.